The zero-order chi connectivity index (χ0) is 25.3. The predicted octanol–water partition coefficient (Wildman–Crippen LogP) is 5.31. The van der Waals surface area contributed by atoms with E-state index in [0.717, 1.165) is 27.3 Å². The van der Waals surface area contributed by atoms with Gasteiger partial charge >= 0.3 is 0 Å². The highest BCUT2D eigenvalue weighted by Gasteiger charge is 2.40. The summed E-state index contributed by atoms with van der Waals surface area (Å²) in [6, 6.07) is 17.3. The van der Waals surface area contributed by atoms with Gasteiger partial charge in [0.2, 0.25) is 0 Å². The van der Waals surface area contributed by atoms with Gasteiger partial charge in [0, 0.05) is 16.9 Å². The highest BCUT2D eigenvalue weighted by Crippen LogP contribution is 2.35. The van der Waals surface area contributed by atoms with Crippen molar-refractivity contribution in [1.82, 2.24) is 0 Å². The van der Waals surface area contributed by atoms with Crippen molar-refractivity contribution in [2.24, 2.45) is 0 Å². The summed E-state index contributed by atoms with van der Waals surface area (Å²) in [5.74, 6) is -1.22. The quantitative estimate of drug-likeness (QED) is 0.458. The molecular weight excluding hydrogens is 466 g/mol. The Hall–Kier alpha value is -4.10. The number of hydrogen-bond acceptors (Lipinski definition) is 5. The monoisotopic (exact) mass is 489 g/mol. The van der Waals surface area contributed by atoms with Crippen LogP contribution in [0.25, 0.3) is 0 Å². The molecule has 2 N–H and O–H groups in total. The molecule has 8 heteroatoms. The van der Waals surface area contributed by atoms with E-state index < -0.39 is 11.8 Å². The van der Waals surface area contributed by atoms with Crippen LogP contribution in [0.2, 0.25) is 0 Å². The van der Waals surface area contributed by atoms with Crippen LogP contribution in [0.3, 0.4) is 0 Å². The molecule has 7 nitrogen and oxygen atoms in total. The van der Waals surface area contributed by atoms with Crippen molar-refractivity contribution < 1.29 is 19.1 Å². The van der Waals surface area contributed by atoms with Crippen LogP contribution in [0.1, 0.15) is 27.0 Å². The number of nitrogens with one attached hydrogen (secondary N) is 2. The number of halogens is 1. The molecule has 0 aliphatic carbocycles. The number of aryl methyl sites for hydroxylation is 3. The van der Waals surface area contributed by atoms with Crippen molar-refractivity contribution in [2.75, 3.05) is 22.6 Å². The second kappa shape index (κ2) is 9.64. The van der Waals surface area contributed by atoms with Gasteiger partial charge in [-0.15, -0.1) is 0 Å². The molecule has 35 heavy (non-hydrogen) atoms. The van der Waals surface area contributed by atoms with Crippen molar-refractivity contribution in [2.45, 2.75) is 20.8 Å². The summed E-state index contributed by atoms with van der Waals surface area (Å²) < 4.78 is 5.28. The number of para-hydroxylation sites is 2. The average Bonchev–Trinajstić information content (AvgIpc) is 3.04. The molecule has 0 fully saturated rings. The van der Waals surface area contributed by atoms with Crippen LogP contribution < -0.4 is 20.3 Å². The Labute approximate surface area is 208 Å². The normalized spacial score (nSPS) is 13.3. The van der Waals surface area contributed by atoms with Crippen LogP contribution in [0.15, 0.2) is 71.4 Å². The summed E-state index contributed by atoms with van der Waals surface area (Å²) in [6.45, 7) is 5.89. The molecule has 0 aromatic heterocycles. The van der Waals surface area contributed by atoms with Gasteiger partial charge in [-0.25, -0.2) is 4.90 Å². The molecule has 0 saturated heterocycles. The van der Waals surface area contributed by atoms with Gasteiger partial charge in [-0.3, -0.25) is 14.4 Å². The Morgan fingerprint density at radius 1 is 0.914 bits per heavy atom. The number of ether oxygens (including phenoxy) is 1. The fourth-order valence-electron chi connectivity index (χ4n) is 4.09. The first kappa shape index (κ1) is 24.0. The topological polar surface area (TPSA) is 87.7 Å². The fourth-order valence-corrected chi connectivity index (χ4v) is 4.30. The smallest absolute Gasteiger partial charge is 0.283 e. The van der Waals surface area contributed by atoms with Crippen LogP contribution in [-0.4, -0.2) is 24.8 Å². The third-order valence-electron chi connectivity index (χ3n) is 5.66. The van der Waals surface area contributed by atoms with Crippen LogP contribution >= 0.6 is 11.6 Å². The highest BCUT2D eigenvalue weighted by molar-refractivity contribution is 6.53. The minimum atomic E-state index is -0.664. The van der Waals surface area contributed by atoms with Crippen LogP contribution in [0.5, 0.6) is 5.75 Å². The molecule has 3 aromatic carbocycles. The van der Waals surface area contributed by atoms with E-state index in [4.69, 9.17) is 16.3 Å². The molecule has 4 rings (SSSR count). The Balaban J connectivity index is 1.57. The van der Waals surface area contributed by atoms with Gasteiger partial charge < -0.3 is 15.4 Å². The van der Waals surface area contributed by atoms with E-state index in [2.05, 4.69) is 10.6 Å². The Kier molecular flexibility index (Phi) is 6.62. The minimum Gasteiger partial charge on any atom is -0.495 e. The highest BCUT2D eigenvalue weighted by atomic mass is 35.5. The number of carbonyl (C=O) groups excluding carboxylic acids is 3. The molecule has 0 bridgehead atoms. The van der Waals surface area contributed by atoms with Gasteiger partial charge in [-0.05, 0) is 62.2 Å². The average molecular weight is 490 g/mol. The number of carbonyl (C=O) groups is 3. The minimum absolute atomic E-state index is 0.0784. The summed E-state index contributed by atoms with van der Waals surface area (Å²) >= 11 is 6.26. The number of anilines is 3. The molecule has 0 atom stereocenters. The van der Waals surface area contributed by atoms with E-state index in [1.807, 2.05) is 32.9 Å². The lowest BCUT2D eigenvalue weighted by Gasteiger charge is -2.18. The zero-order valence-corrected chi connectivity index (χ0v) is 20.5. The number of amides is 3. The molecule has 0 radical (unpaired) electrons. The zero-order valence-electron chi connectivity index (χ0n) is 19.7. The molecular formula is C27H24ClN3O4. The number of nitrogens with zero attached hydrogens (tertiary/aromatic N) is 1. The van der Waals surface area contributed by atoms with Crippen LogP contribution in [-0.2, 0) is 9.59 Å². The predicted molar refractivity (Wildman–Crippen MR) is 137 cm³/mol. The molecule has 3 amide bonds. The van der Waals surface area contributed by atoms with E-state index in [-0.39, 0.29) is 22.3 Å². The lowest BCUT2D eigenvalue weighted by Crippen LogP contribution is -2.32. The van der Waals surface area contributed by atoms with Crippen molar-refractivity contribution in [1.29, 1.82) is 0 Å². The first-order chi connectivity index (χ1) is 16.7. The number of methoxy groups -OCH3 is 1. The molecule has 1 heterocycles. The van der Waals surface area contributed by atoms with E-state index in [1.165, 1.54) is 7.11 Å². The van der Waals surface area contributed by atoms with E-state index in [0.29, 0.717) is 17.0 Å². The first-order valence-corrected chi connectivity index (χ1v) is 11.3. The number of rotatable bonds is 6. The third-order valence-corrected chi connectivity index (χ3v) is 6.01. The van der Waals surface area contributed by atoms with Gasteiger partial charge in [0.15, 0.2) is 0 Å². The SMILES string of the molecule is COc1ccccc1N1C(=O)C(Cl)=C(Nc2cccc(C(=O)Nc3c(C)cc(C)cc3C)c2)C1=O. The summed E-state index contributed by atoms with van der Waals surface area (Å²) in [5, 5.41) is 5.62. The number of imide groups is 1. The second-order valence-electron chi connectivity index (χ2n) is 8.24. The standard InChI is InChI=1S/C27H24ClN3O4/c1-15-12-16(2)23(17(3)13-15)30-25(32)18-8-7-9-19(14-18)29-24-22(28)26(33)31(27(24)34)20-10-5-6-11-21(20)35-4/h5-14,29H,1-4H3,(H,30,32). The molecule has 1 aliphatic heterocycles. The number of hydrogen-bond donors (Lipinski definition) is 2. The molecule has 178 valence electrons. The molecule has 0 saturated carbocycles. The van der Waals surface area contributed by atoms with Gasteiger partial charge in [0.05, 0.1) is 12.8 Å². The maximum absolute atomic E-state index is 13.1. The van der Waals surface area contributed by atoms with E-state index in [1.54, 1.807) is 48.5 Å². The molecule has 1 aliphatic rings. The van der Waals surface area contributed by atoms with Crippen LogP contribution in [0.4, 0.5) is 17.1 Å². The lowest BCUT2D eigenvalue weighted by molar-refractivity contribution is -0.120. The van der Waals surface area contributed by atoms with E-state index in [9.17, 15) is 14.4 Å². The summed E-state index contributed by atoms with van der Waals surface area (Å²) in [7, 11) is 1.45. The summed E-state index contributed by atoms with van der Waals surface area (Å²) in [4.78, 5) is 39.9. The van der Waals surface area contributed by atoms with Gasteiger partial charge in [0.25, 0.3) is 17.7 Å². The maximum atomic E-state index is 13.1. The van der Waals surface area contributed by atoms with Crippen molar-refractivity contribution >= 4 is 46.4 Å². The van der Waals surface area contributed by atoms with Crippen molar-refractivity contribution in [3.8, 4) is 5.75 Å². The van der Waals surface area contributed by atoms with Gasteiger partial charge in [-0.1, -0.05) is 47.5 Å². The maximum Gasteiger partial charge on any atom is 0.283 e. The van der Waals surface area contributed by atoms with Crippen molar-refractivity contribution in [3.05, 3.63) is 93.6 Å². The Morgan fingerprint density at radius 2 is 1.60 bits per heavy atom. The Morgan fingerprint density at radius 3 is 2.29 bits per heavy atom. The van der Waals surface area contributed by atoms with Gasteiger partial charge in [-0.2, -0.15) is 0 Å². The van der Waals surface area contributed by atoms with Gasteiger partial charge in [0.1, 0.15) is 16.5 Å². The molecule has 0 unspecified atom stereocenters. The largest absolute Gasteiger partial charge is 0.495 e. The Bertz CT molecular complexity index is 1370. The summed E-state index contributed by atoms with van der Waals surface area (Å²) in [5.41, 5.74) is 4.83. The molecule has 0 spiro atoms. The first-order valence-electron chi connectivity index (χ1n) is 10.9. The lowest BCUT2D eigenvalue weighted by atomic mass is 10.0. The fraction of sp³-hybridized carbons (Fsp3) is 0.148. The number of benzene rings is 3. The van der Waals surface area contributed by atoms with E-state index >= 15 is 0 Å². The molecule has 3 aromatic rings. The second-order valence-corrected chi connectivity index (χ2v) is 8.62. The third kappa shape index (κ3) is 4.63. The summed E-state index contributed by atoms with van der Waals surface area (Å²) in [6.07, 6.45) is 0. The van der Waals surface area contributed by atoms with Crippen molar-refractivity contribution in [3.63, 3.8) is 0 Å². The van der Waals surface area contributed by atoms with Crippen LogP contribution in [0, 0.1) is 20.8 Å².